The highest BCUT2D eigenvalue weighted by molar-refractivity contribution is 5.15. The summed E-state index contributed by atoms with van der Waals surface area (Å²) < 4.78 is 0. The van der Waals surface area contributed by atoms with E-state index in [1.54, 1.807) is 0 Å². The fourth-order valence-corrected chi connectivity index (χ4v) is 3.31. The molecule has 2 aliphatic heterocycles. The van der Waals surface area contributed by atoms with Crippen molar-refractivity contribution in [3.8, 4) is 0 Å². The van der Waals surface area contributed by atoms with Crippen LogP contribution in [0.25, 0.3) is 0 Å². The van der Waals surface area contributed by atoms with Gasteiger partial charge in [0.05, 0.1) is 0 Å². The first-order chi connectivity index (χ1) is 8.36. The Hall–Kier alpha value is -0.860. The Kier molecular flexibility index (Phi) is 3.17. The van der Waals surface area contributed by atoms with Crippen molar-refractivity contribution in [2.75, 3.05) is 19.6 Å². The lowest BCUT2D eigenvalue weighted by molar-refractivity contribution is 0.234. The van der Waals surface area contributed by atoms with E-state index in [1.165, 1.54) is 50.9 Å². The number of hydrogen-bond donors (Lipinski definition) is 1. The maximum Gasteiger partial charge on any atom is 0.0321 e. The summed E-state index contributed by atoms with van der Waals surface area (Å²) in [5.41, 5.74) is 1.90. The topological polar surface area (TPSA) is 15.3 Å². The van der Waals surface area contributed by atoms with Gasteiger partial charge in [0.15, 0.2) is 0 Å². The largest absolute Gasteiger partial charge is 0.310 e. The van der Waals surface area contributed by atoms with Crippen molar-refractivity contribution in [2.45, 2.75) is 37.8 Å². The zero-order chi connectivity index (χ0) is 11.6. The first kappa shape index (κ1) is 11.2. The normalized spacial score (nSPS) is 29.9. The molecule has 1 N–H and O–H groups in total. The minimum atomic E-state index is 0.451. The van der Waals surface area contributed by atoms with Crippen LogP contribution in [-0.4, -0.2) is 30.1 Å². The zero-order valence-electron chi connectivity index (χ0n) is 10.5. The van der Waals surface area contributed by atoms with Gasteiger partial charge in [0.2, 0.25) is 0 Å². The van der Waals surface area contributed by atoms with Crippen LogP contribution in [0, 0.1) is 0 Å². The lowest BCUT2D eigenvalue weighted by atomic mass is 9.88. The molecule has 0 aliphatic carbocycles. The Morgan fingerprint density at radius 2 is 2.00 bits per heavy atom. The van der Waals surface area contributed by atoms with Crippen LogP contribution in [0.4, 0.5) is 0 Å². The van der Waals surface area contributed by atoms with Crippen molar-refractivity contribution < 1.29 is 0 Å². The molecule has 0 radical (unpaired) electrons. The molecule has 1 aromatic rings. The average Bonchev–Trinajstić information content (AvgIpc) is 2.74. The van der Waals surface area contributed by atoms with Crippen LogP contribution in [0.3, 0.4) is 0 Å². The minimum Gasteiger partial charge on any atom is -0.310 e. The number of nitrogens with one attached hydrogen (secondary N) is 1. The molecule has 3 rings (SSSR count). The number of hydrogen-bond acceptors (Lipinski definition) is 2. The highest BCUT2D eigenvalue weighted by Crippen LogP contribution is 2.30. The van der Waals surface area contributed by atoms with Gasteiger partial charge in [-0.25, -0.2) is 0 Å². The molecule has 0 amide bonds. The molecule has 17 heavy (non-hydrogen) atoms. The maximum atomic E-state index is 3.77. The fraction of sp³-hybridized carbons (Fsp3) is 0.600. The summed E-state index contributed by atoms with van der Waals surface area (Å²) in [6, 6.07) is 10.8. The van der Waals surface area contributed by atoms with Crippen LogP contribution >= 0.6 is 0 Å². The lowest BCUT2D eigenvalue weighted by Gasteiger charge is -2.35. The smallest absolute Gasteiger partial charge is 0.0321 e. The summed E-state index contributed by atoms with van der Waals surface area (Å²) in [6.45, 7) is 4.83. The van der Waals surface area contributed by atoms with Gasteiger partial charge in [0.1, 0.15) is 0 Å². The number of piperidine rings is 1. The second kappa shape index (κ2) is 4.79. The van der Waals surface area contributed by atoms with Crippen molar-refractivity contribution in [3.05, 3.63) is 35.9 Å². The molecule has 2 fully saturated rings. The van der Waals surface area contributed by atoms with Gasteiger partial charge >= 0.3 is 0 Å². The highest BCUT2D eigenvalue weighted by Gasteiger charge is 2.38. The van der Waals surface area contributed by atoms with Gasteiger partial charge in [-0.15, -0.1) is 0 Å². The number of benzene rings is 1. The molecule has 0 unspecified atom stereocenters. The van der Waals surface area contributed by atoms with Gasteiger partial charge in [-0.1, -0.05) is 36.8 Å². The number of likely N-dealkylation sites (tertiary alicyclic amines) is 1. The molecule has 0 bridgehead atoms. The van der Waals surface area contributed by atoms with Crippen LogP contribution in [0.5, 0.6) is 0 Å². The molecule has 1 aromatic carbocycles. The fourth-order valence-electron chi connectivity index (χ4n) is 3.31. The summed E-state index contributed by atoms with van der Waals surface area (Å²) >= 11 is 0. The van der Waals surface area contributed by atoms with Crippen molar-refractivity contribution >= 4 is 0 Å². The average molecular weight is 230 g/mol. The van der Waals surface area contributed by atoms with Gasteiger partial charge in [-0.2, -0.15) is 0 Å². The molecule has 0 saturated carbocycles. The molecule has 92 valence electrons. The standard InChI is InChI=1S/C15H22N2/c1-2-6-14(7-3-1)12-17-11-9-15(13-17)8-4-5-10-16-15/h1-3,6-7,16H,4-5,8-13H2/t15-/m0/s1. The Labute approximate surface area is 104 Å². The van der Waals surface area contributed by atoms with E-state index in [-0.39, 0.29) is 0 Å². The highest BCUT2D eigenvalue weighted by atomic mass is 15.2. The second-order valence-corrected chi connectivity index (χ2v) is 5.61. The van der Waals surface area contributed by atoms with Gasteiger partial charge in [-0.3, -0.25) is 4.90 Å². The van der Waals surface area contributed by atoms with Crippen LogP contribution in [-0.2, 0) is 6.54 Å². The minimum absolute atomic E-state index is 0.451. The predicted octanol–water partition coefficient (Wildman–Crippen LogP) is 2.40. The zero-order valence-corrected chi connectivity index (χ0v) is 10.5. The molecular weight excluding hydrogens is 208 g/mol. The van der Waals surface area contributed by atoms with Gasteiger partial charge in [-0.05, 0) is 31.4 Å². The summed E-state index contributed by atoms with van der Waals surface area (Å²) in [5, 5.41) is 3.77. The van der Waals surface area contributed by atoms with E-state index in [0.717, 1.165) is 6.54 Å². The lowest BCUT2D eigenvalue weighted by Crippen LogP contribution is -2.50. The molecule has 1 atom stereocenters. The first-order valence-electron chi connectivity index (χ1n) is 6.88. The van der Waals surface area contributed by atoms with Gasteiger partial charge < -0.3 is 5.32 Å². The summed E-state index contributed by atoms with van der Waals surface area (Å²) in [7, 11) is 0. The van der Waals surface area contributed by atoms with E-state index in [1.807, 2.05) is 0 Å². The summed E-state index contributed by atoms with van der Waals surface area (Å²) in [4.78, 5) is 2.60. The van der Waals surface area contributed by atoms with E-state index < -0.39 is 0 Å². The third-order valence-electron chi connectivity index (χ3n) is 4.26. The molecule has 0 aromatic heterocycles. The van der Waals surface area contributed by atoms with E-state index in [9.17, 15) is 0 Å². The molecule has 2 saturated heterocycles. The van der Waals surface area contributed by atoms with E-state index >= 15 is 0 Å². The Bertz CT molecular complexity index is 354. The van der Waals surface area contributed by atoms with Crippen molar-refractivity contribution in [3.63, 3.8) is 0 Å². The van der Waals surface area contributed by atoms with E-state index in [4.69, 9.17) is 0 Å². The van der Waals surface area contributed by atoms with Gasteiger partial charge in [0, 0.05) is 25.2 Å². The molecule has 2 heterocycles. The van der Waals surface area contributed by atoms with Crippen molar-refractivity contribution in [1.29, 1.82) is 0 Å². The SMILES string of the molecule is c1ccc(CN2CC[C@@]3(CCCCN3)C2)cc1. The Balaban J connectivity index is 1.60. The molecule has 2 nitrogen and oxygen atoms in total. The third-order valence-corrected chi connectivity index (χ3v) is 4.26. The first-order valence-corrected chi connectivity index (χ1v) is 6.88. The summed E-state index contributed by atoms with van der Waals surface area (Å²) in [6.07, 6.45) is 5.48. The van der Waals surface area contributed by atoms with E-state index in [2.05, 4.69) is 40.5 Å². The Morgan fingerprint density at radius 3 is 2.76 bits per heavy atom. The molecule has 1 spiro atoms. The molecule has 2 heteroatoms. The van der Waals surface area contributed by atoms with Crippen LogP contribution in [0.1, 0.15) is 31.2 Å². The molecular formula is C15H22N2. The van der Waals surface area contributed by atoms with E-state index in [0.29, 0.717) is 5.54 Å². The third kappa shape index (κ3) is 2.53. The monoisotopic (exact) mass is 230 g/mol. The van der Waals surface area contributed by atoms with Crippen LogP contribution in [0.2, 0.25) is 0 Å². The van der Waals surface area contributed by atoms with Crippen LogP contribution < -0.4 is 5.32 Å². The Morgan fingerprint density at radius 1 is 1.12 bits per heavy atom. The number of rotatable bonds is 2. The van der Waals surface area contributed by atoms with Crippen LogP contribution in [0.15, 0.2) is 30.3 Å². The van der Waals surface area contributed by atoms with Crippen molar-refractivity contribution in [2.24, 2.45) is 0 Å². The quantitative estimate of drug-likeness (QED) is 0.839. The number of nitrogens with zero attached hydrogens (tertiary/aromatic N) is 1. The van der Waals surface area contributed by atoms with Gasteiger partial charge in [0.25, 0.3) is 0 Å². The summed E-state index contributed by atoms with van der Waals surface area (Å²) in [5.74, 6) is 0. The predicted molar refractivity (Wildman–Crippen MR) is 70.9 cm³/mol. The molecule has 2 aliphatic rings. The second-order valence-electron chi connectivity index (χ2n) is 5.61. The van der Waals surface area contributed by atoms with Crippen molar-refractivity contribution in [1.82, 2.24) is 10.2 Å². The maximum absolute atomic E-state index is 3.77.